The Balaban J connectivity index is 1.62. The van der Waals surface area contributed by atoms with Crippen molar-refractivity contribution in [3.05, 3.63) is 71.4 Å². The molecule has 4 rings (SSSR count). The van der Waals surface area contributed by atoms with Gasteiger partial charge in [0.25, 0.3) is 0 Å². The largest absolute Gasteiger partial charge is 0.463 e. The first kappa shape index (κ1) is 31.1. The van der Waals surface area contributed by atoms with Crippen molar-refractivity contribution in [2.24, 2.45) is 0 Å². The van der Waals surface area contributed by atoms with Gasteiger partial charge >= 0.3 is 23.9 Å². The average molecular weight is 592 g/mol. The van der Waals surface area contributed by atoms with Gasteiger partial charge in [-0.1, -0.05) is 71.5 Å². The minimum absolute atomic E-state index is 0.340. The van der Waals surface area contributed by atoms with Crippen LogP contribution in [0.15, 0.2) is 54.7 Å². The van der Waals surface area contributed by atoms with Gasteiger partial charge in [0.15, 0.2) is 24.5 Å². The molecule has 0 aliphatic carbocycles. The first-order valence-electron chi connectivity index (χ1n) is 13.6. The number of carbonyl (C=O) groups excluding carboxylic acids is 4. The van der Waals surface area contributed by atoms with Gasteiger partial charge in [0.1, 0.15) is 18.4 Å². The first-order valence-corrected chi connectivity index (χ1v) is 13.6. The fraction of sp³-hybridized carbons (Fsp3) is 0.355. The summed E-state index contributed by atoms with van der Waals surface area (Å²) >= 11 is 0. The molecule has 0 saturated carbocycles. The van der Waals surface area contributed by atoms with E-state index in [0.717, 1.165) is 30.5 Å². The summed E-state index contributed by atoms with van der Waals surface area (Å²) in [6, 6.07) is 15.8. The Morgan fingerprint density at radius 1 is 0.767 bits per heavy atom. The second-order valence-corrected chi connectivity index (χ2v) is 10.0. The van der Waals surface area contributed by atoms with Gasteiger partial charge in [0.05, 0.1) is 6.20 Å². The van der Waals surface area contributed by atoms with E-state index in [2.05, 4.69) is 22.4 Å². The van der Waals surface area contributed by atoms with Crippen LogP contribution in [0.1, 0.15) is 50.6 Å². The molecule has 1 aliphatic heterocycles. The highest BCUT2D eigenvalue weighted by Crippen LogP contribution is 2.35. The van der Waals surface area contributed by atoms with Crippen LogP contribution >= 0.6 is 0 Å². The van der Waals surface area contributed by atoms with Crippen LogP contribution in [0.3, 0.4) is 0 Å². The summed E-state index contributed by atoms with van der Waals surface area (Å²) < 4.78 is 29.0. The molecule has 3 aromatic rings. The quantitative estimate of drug-likeness (QED) is 0.204. The van der Waals surface area contributed by atoms with Crippen molar-refractivity contribution < 1.29 is 42.9 Å². The molecule has 12 heteroatoms. The highest BCUT2D eigenvalue weighted by Gasteiger charge is 2.53. The third-order valence-corrected chi connectivity index (χ3v) is 6.49. The monoisotopic (exact) mass is 591 g/mol. The van der Waals surface area contributed by atoms with Crippen LogP contribution in [0, 0.1) is 6.92 Å². The third kappa shape index (κ3) is 8.35. The van der Waals surface area contributed by atoms with Gasteiger partial charge in [-0.2, -0.15) is 0 Å². The second-order valence-electron chi connectivity index (χ2n) is 10.0. The third-order valence-electron chi connectivity index (χ3n) is 6.49. The maximum absolute atomic E-state index is 12.1. The van der Waals surface area contributed by atoms with Crippen molar-refractivity contribution in [2.75, 3.05) is 6.61 Å². The van der Waals surface area contributed by atoms with E-state index in [4.69, 9.17) is 23.7 Å². The number of rotatable bonds is 9. The second kappa shape index (κ2) is 13.9. The molecule has 1 saturated heterocycles. The van der Waals surface area contributed by atoms with Gasteiger partial charge in [0, 0.05) is 33.3 Å². The van der Waals surface area contributed by atoms with Crippen molar-refractivity contribution in [1.82, 2.24) is 15.0 Å². The molecule has 1 aliphatic rings. The van der Waals surface area contributed by atoms with E-state index in [9.17, 15) is 19.2 Å². The van der Waals surface area contributed by atoms with Gasteiger partial charge in [0.2, 0.25) is 0 Å². The molecule has 12 nitrogen and oxygen atoms in total. The highest BCUT2D eigenvalue weighted by molar-refractivity contribution is 5.71. The lowest BCUT2D eigenvalue weighted by Crippen LogP contribution is -2.60. The standard InChI is InChI=1S/C31H33N3O9/c1-18-6-8-23(9-7-18)10-11-24-12-14-25(15-13-24)26-16-34(33-32-26)31-30(42-22(5)38)29(41-21(4)37)28(40-20(3)36)27(43-31)17-39-19(2)35/h6-16,27-31H,17H2,1-5H3/b11-10+/t27-,28-,29+,30-,31?/m1/s1. The highest BCUT2D eigenvalue weighted by atomic mass is 16.7. The van der Waals surface area contributed by atoms with Gasteiger partial charge in [-0.15, -0.1) is 5.10 Å². The molecule has 5 atom stereocenters. The number of hydrogen-bond acceptors (Lipinski definition) is 11. The number of benzene rings is 2. The molecule has 226 valence electrons. The average Bonchev–Trinajstić information content (AvgIpc) is 3.43. The van der Waals surface area contributed by atoms with E-state index in [1.165, 1.54) is 24.1 Å². The molecule has 0 spiro atoms. The maximum Gasteiger partial charge on any atom is 0.303 e. The van der Waals surface area contributed by atoms with E-state index in [1.807, 2.05) is 55.5 Å². The maximum atomic E-state index is 12.1. The molecule has 0 bridgehead atoms. The number of esters is 4. The predicted molar refractivity (Wildman–Crippen MR) is 153 cm³/mol. The normalized spacial score (nSPS) is 21.7. The molecule has 0 amide bonds. The predicted octanol–water partition coefficient (Wildman–Crippen LogP) is 3.68. The Kier molecular flexibility index (Phi) is 10.0. The van der Waals surface area contributed by atoms with Gasteiger partial charge in [-0.05, 0) is 18.1 Å². The Bertz CT molecular complexity index is 1480. The number of carbonyl (C=O) groups is 4. The summed E-state index contributed by atoms with van der Waals surface area (Å²) in [6.45, 7) is 6.41. The summed E-state index contributed by atoms with van der Waals surface area (Å²) in [5, 5.41) is 8.44. The van der Waals surface area contributed by atoms with Crippen molar-refractivity contribution in [2.45, 2.75) is 65.3 Å². The van der Waals surface area contributed by atoms with Gasteiger partial charge in [-0.3, -0.25) is 19.2 Å². The molecule has 2 heterocycles. The minimum atomic E-state index is -1.31. The summed E-state index contributed by atoms with van der Waals surface area (Å²) in [6.07, 6.45) is -0.527. The lowest BCUT2D eigenvalue weighted by molar-refractivity contribution is -0.270. The number of ether oxygens (including phenoxy) is 5. The molecular weight excluding hydrogens is 558 g/mol. The van der Waals surface area contributed by atoms with Crippen LogP contribution in [0.2, 0.25) is 0 Å². The Morgan fingerprint density at radius 2 is 1.30 bits per heavy atom. The summed E-state index contributed by atoms with van der Waals surface area (Å²) in [5.41, 5.74) is 4.50. The lowest BCUT2D eigenvalue weighted by Gasteiger charge is -2.44. The Hall–Kier alpha value is -4.84. The van der Waals surface area contributed by atoms with Crippen LogP contribution < -0.4 is 0 Å². The van der Waals surface area contributed by atoms with Crippen molar-refractivity contribution in [3.63, 3.8) is 0 Å². The van der Waals surface area contributed by atoms with E-state index < -0.39 is 54.5 Å². The molecule has 1 unspecified atom stereocenters. The summed E-state index contributed by atoms with van der Waals surface area (Å²) in [7, 11) is 0. The molecule has 1 fully saturated rings. The molecule has 0 N–H and O–H groups in total. The Labute approximate surface area is 248 Å². The van der Waals surface area contributed by atoms with Crippen molar-refractivity contribution in [3.8, 4) is 11.3 Å². The molecule has 43 heavy (non-hydrogen) atoms. The zero-order chi connectivity index (χ0) is 31.1. The first-order chi connectivity index (χ1) is 20.5. The summed E-state index contributed by atoms with van der Waals surface area (Å²) in [4.78, 5) is 47.7. The van der Waals surface area contributed by atoms with E-state index in [-0.39, 0.29) is 6.61 Å². The molecule has 1 aromatic heterocycles. The van der Waals surface area contributed by atoms with Crippen LogP contribution in [0.5, 0.6) is 0 Å². The van der Waals surface area contributed by atoms with E-state index in [0.29, 0.717) is 5.69 Å². The molecule has 0 radical (unpaired) electrons. The smallest absolute Gasteiger partial charge is 0.303 e. The van der Waals surface area contributed by atoms with E-state index in [1.54, 1.807) is 6.20 Å². The minimum Gasteiger partial charge on any atom is -0.463 e. The fourth-order valence-electron chi connectivity index (χ4n) is 4.59. The van der Waals surface area contributed by atoms with Crippen LogP contribution in [-0.4, -0.2) is 69.9 Å². The van der Waals surface area contributed by atoms with Crippen LogP contribution in [-0.2, 0) is 42.9 Å². The molecule has 2 aromatic carbocycles. The Morgan fingerprint density at radius 3 is 1.86 bits per heavy atom. The fourth-order valence-corrected chi connectivity index (χ4v) is 4.59. The van der Waals surface area contributed by atoms with Crippen LogP contribution in [0.25, 0.3) is 23.4 Å². The van der Waals surface area contributed by atoms with Crippen molar-refractivity contribution >= 4 is 36.0 Å². The zero-order valence-electron chi connectivity index (χ0n) is 24.5. The van der Waals surface area contributed by atoms with E-state index >= 15 is 0 Å². The summed E-state index contributed by atoms with van der Waals surface area (Å²) in [5.74, 6) is -2.74. The number of aromatic nitrogens is 3. The number of nitrogens with zero attached hydrogens (tertiary/aromatic N) is 3. The lowest BCUT2D eigenvalue weighted by atomic mass is 9.97. The number of aryl methyl sites for hydroxylation is 1. The number of hydrogen-bond donors (Lipinski definition) is 0. The molecular formula is C31H33N3O9. The zero-order valence-corrected chi connectivity index (χ0v) is 24.5. The SMILES string of the molecule is CC(=O)OC[C@H]1OC(n2cc(-c3ccc(/C=C/c4ccc(C)cc4)cc3)nn2)[C@H](OC(C)=O)[C@@H](OC(C)=O)[C@@H]1OC(C)=O. The van der Waals surface area contributed by atoms with Crippen LogP contribution in [0.4, 0.5) is 0 Å². The van der Waals surface area contributed by atoms with Gasteiger partial charge < -0.3 is 23.7 Å². The van der Waals surface area contributed by atoms with Crippen molar-refractivity contribution in [1.29, 1.82) is 0 Å². The van der Waals surface area contributed by atoms with Gasteiger partial charge in [-0.25, -0.2) is 4.68 Å². The topological polar surface area (TPSA) is 145 Å².